The van der Waals surface area contributed by atoms with Gasteiger partial charge in [-0.1, -0.05) is 12.2 Å². The lowest BCUT2D eigenvalue weighted by Crippen LogP contribution is -2.42. The predicted octanol–water partition coefficient (Wildman–Crippen LogP) is 1.53. The number of aromatic nitrogens is 2. The van der Waals surface area contributed by atoms with Crippen LogP contribution in [0, 0.1) is 0 Å². The van der Waals surface area contributed by atoms with Crippen LogP contribution in [0.15, 0.2) is 44.0 Å². The zero-order valence-electron chi connectivity index (χ0n) is 13.4. The quantitative estimate of drug-likeness (QED) is 0.472. The van der Waals surface area contributed by atoms with E-state index >= 15 is 0 Å². The molecule has 1 aromatic heterocycles. The maximum absolute atomic E-state index is 11.9. The van der Waals surface area contributed by atoms with E-state index in [0.717, 1.165) is 0 Å². The van der Waals surface area contributed by atoms with E-state index in [1.165, 1.54) is 0 Å². The Morgan fingerprint density at radius 3 is 2.43 bits per heavy atom. The van der Waals surface area contributed by atoms with Crippen LogP contribution in [0.3, 0.4) is 0 Å². The number of hydrogen-bond donors (Lipinski definition) is 3. The molecule has 3 N–H and O–H groups in total. The molecule has 0 saturated heterocycles. The van der Waals surface area contributed by atoms with Gasteiger partial charge in [-0.15, -0.1) is 13.2 Å². The molecule has 0 spiro atoms. The number of rotatable bonds is 9. The number of nitrogens with one attached hydrogen (secondary N) is 1. The van der Waals surface area contributed by atoms with Crippen LogP contribution >= 0.6 is 0 Å². The molecule has 23 heavy (non-hydrogen) atoms. The van der Waals surface area contributed by atoms with Gasteiger partial charge < -0.3 is 20.1 Å². The van der Waals surface area contributed by atoms with Crippen LogP contribution in [0.25, 0.3) is 0 Å². The predicted molar refractivity (Wildman–Crippen MR) is 87.8 cm³/mol. The first-order chi connectivity index (χ1) is 10.9. The van der Waals surface area contributed by atoms with E-state index in [4.69, 9.17) is 9.90 Å². The van der Waals surface area contributed by atoms with Crippen molar-refractivity contribution in [1.29, 1.82) is 0 Å². The Hall–Kier alpha value is -2.41. The van der Waals surface area contributed by atoms with Gasteiger partial charge in [-0.3, -0.25) is 9.59 Å². The van der Waals surface area contributed by atoms with Gasteiger partial charge in [0.05, 0.1) is 11.9 Å². The minimum Gasteiger partial charge on any atom is -0.483 e. The van der Waals surface area contributed by atoms with Crippen molar-refractivity contribution in [2.45, 2.75) is 37.8 Å². The van der Waals surface area contributed by atoms with Crippen molar-refractivity contribution in [3.63, 3.8) is 0 Å². The highest BCUT2D eigenvalue weighted by Gasteiger charge is 2.24. The second-order valence-electron chi connectivity index (χ2n) is 5.16. The molecular formula is C16H25N3O4. The molecule has 1 rings (SSSR count). The highest BCUT2D eigenvalue weighted by Crippen LogP contribution is 2.16. The second kappa shape index (κ2) is 11.2. The first-order valence-corrected chi connectivity index (χ1v) is 7.18. The van der Waals surface area contributed by atoms with E-state index in [1.54, 1.807) is 24.7 Å². The molecule has 0 fully saturated rings. The maximum atomic E-state index is 11.9. The summed E-state index contributed by atoms with van der Waals surface area (Å²) in [6.45, 7) is 9.13. The van der Waals surface area contributed by atoms with Crippen molar-refractivity contribution in [2.24, 2.45) is 0 Å². The van der Waals surface area contributed by atoms with Gasteiger partial charge in [0.25, 0.3) is 6.47 Å². The molecule has 0 aromatic carbocycles. The fourth-order valence-electron chi connectivity index (χ4n) is 2.00. The summed E-state index contributed by atoms with van der Waals surface area (Å²) in [4.78, 5) is 24.2. The van der Waals surface area contributed by atoms with Crippen molar-refractivity contribution in [3.05, 3.63) is 44.0 Å². The molecule has 1 atom stereocenters. The monoisotopic (exact) mass is 323 g/mol. The fourth-order valence-corrected chi connectivity index (χ4v) is 2.00. The first kappa shape index (κ1) is 20.6. The number of amides is 1. The van der Waals surface area contributed by atoms with Crippen molar-refractivity contribution >= 4 is 12.4 Å². The molecule has 0 radical (unpaired) electrons. The Balaban J connectivity index is 0.00000149. The molecule has 0 bridgehead atoms. The lowest BCUT2D eigenvalue weighted by atomic mass is 9.95. The van der Waals surface area contributed by atoms with Gasteiger partial charge in [-0.05, 0) is 19.8 Å². The van der Waals surface area contributed by atoms with Gasteiger partial charge in [-0.2, -0.15) is 0 Å². The van der Waals surface area contributed by atoms with Crippen LogP contribution in [0.2, 0.25) is 0 Å². The van der Waals surface area contributed by atoms with Crippen LogP contribution in [0.4, 0.5) is 0 Å². The molecule has 1 unspecified atom stereocenters. The van der Waals surface area contributed by atoms with Crippen LogP contribution in [0.1, 0.15) is 32.2 Å². The minimum absolute atomic E-state index is 0.0319. The first-order valence-electron chi connectivity index (χ1n) is 7.18. The van der Waals surface area contributed by atoms with Gasteiger partial charge in [0.1, 0.15) is 0 Å². The summed E-state index contributed by atoms with van der Waals surface area (Å²) < 4.78 is 1.87. The third-order valence-electron chi connectivity index (χ3n) is 3.18. The fraction of sp³-hybridized carbons (Fsp3) is 0.438. The van der Waals surface area contributed by atoms with Crippen LogP contribution in [-0.4, -0.2) is 44.3 Å². The van der Waals surface area contributed by atoms with Crippen molar-refractivity contribution < 1.29 is 19.8 Å². The molecule has 0 aliphatic rings. The number of hydrogen-bond acceptors (Lipinski definition) is 4. The molecule has 128 valence electrons. The zero-order valence-corrected chi connectivity index (χ0v) is 13.4. The lowest BCUT2D eigenvalue weighted by Gasteiger charge is -2.26. The third-order valence-corrected chi connectivity index (χ3v) is 3.18. The Kier molecular flexibility index (Phi) is 10.0. The maximum Gasteiger partial charge on any atom is 0.290 e. The average Bonchev–Trinajstić information content (AvgIpc) is 3.01. The zero-order chi connectivity index (χ0) is 17.7. The summed E-state index contributed by atoms with van der Waals surface area (Å²) in [5, 5.41) is 20.0. The van der Waals surface area contributed by atoms with Crippen molar-refractivity contribution in [2.75, 3.05) is 6.54 Å². The van der Waals surface area contributed by atoms with E-state index in [1.807, 2.05) is 17.7 Å². The average molecular weight is 323 g/mol. The summed E-state index contributed by atoms with van der Waals surface area (Å²) in [6.07, 6.45) is 9.64. The van der Waals surface area contributed by atoms with Crippen LogP contribution < -0.4 is 5.32 Å². The summed E-state index contributed by atoms with van der Waals surface area (Å²) in [5.41, 5.74) is -1.00. The number of imidazole rings is 1. The van der Waals surface area contributed by atoms with Crippen LogP contribution in [0.5, 0.6) is 0 Å². The molecule has 0 aliphatic heterocycles. The van der Waals surface area contributed by atoms with Crippen molar-refractivity contribution in [3.8, 4) is 0 Å². The molecule has 1 heterocycles. The largest absolute Gasteiger partial charge is 0.483 e. The molecular weight excluding hydrogens is 298 g/mol. The van der Waals surface area contributed by atoms with Gasteiger partial charge >= 0.3 is 0 Å². The normalized spacial score (nSPS) is 11.6. The number of aliphatic hydroxyl groups is 1. The Morgan fingerprint density at radius 2 is 2.00 bits per heavy atom. The van der Waals surface area contributed by atoms with Gasteiger partial charge in [0.2, 0.25) is 5.91 Å². The highest BCUT2D eigenvalue weighted by molar-refractivity contribution is 5.76. The van der Waals surface area contributed by atoms with Gasteiger partial charge in [0, 0.05) is 31.4 Å². The van der Waals surface area contributed by atoms with E-state index in [0.29, 0.717) is 19.3 Å². The summed E-state index contributed by atoms with van der Waals surface area (Å²) >= 11 is 0. The second-order valence-corrected chi connectivity index (χ2v) is 5.16. The summed E-state index contributed by atoms with van der Waals surface area (Å²) in [7, 11) is 0. The smallest absolute Gasteiger partial charge is 0.290 e. The van der Waals surface area contributed by atoms with E-state index in [9.17, 15) is 9.90 Å². The Bertz CT molecular complexity index is 476. The Morgan fingerprint density at radius 1 is 1.43 bits per heavy atom. The molecule has 0 aliphatic carbocycles. The summed E-state index contributed by atoms with van der Waals surface area (Å²) in [5.74, 6) is -0.0993. The highest BCUT2D eigenvalue weighted by atomic mass is 16.3. The molecule has 1 aromatic rings. The topological polar surface area (TPSA) is 104 Å². The van der Waals surface area contributed by atoms with E-state index in [2.05, 4.69) is 23.5 Å². The van der Waals surface area contributed by atoms with Crippen LogP contribution in [-0.2, 0) is 9.59 Å². The van der Waals surface area contributed by atoms with Gasteiger partial charge in [-0.25, -0.2) is 4.98 Å². The third kappa shape index (κ3) is 8.57. The van der Waals surface area contributed by atoms with E-state index in [-0.39, 0.29) is 25.0 Å². The molecule has 7 nitrogen and oxygen atoms in total. The lowest BCUT2D eigenvalue weighted by molar-refractivity contribution is -0.123. The summed E-state index contributed by atoms with van der Waals surface area (Å²) in [6, 6.07) is 0.0319. The number of carbonyl (C=O) groups excluding carboxylic acids is 1. The number of nitrogens with zero attached hydrogens (tertiary/aromatic N) is 2. The Labute approximate surface area is 136 Å². The van der Waals surface area contributed by atoms with Gasteiger partial charge in [0.15, 0.2) is 0 Å². The molecule has 7 heteroatoms. The van der Waals surface area contributed by atoms with E-state index < -0.39 is 5.60 Å². The molecule has 1 amide bonds. The minimum atomic E-state index is -1.00. The standard InChI is InChI=1S/C15H23N3O2.CH2O2/c1-4-6-15(20,7-5-2)11-17-14(19)10-13(3)18-9-8-16-12-18;2-1-3/h4-5,8-9,12-13,20H,1-2,6-7,10-11H2,3H3,(H,17,19);1H,(H,2,3). The number of carboxylic acid groups (broad SMARTS) is 1. The molecule has 0 saturated carbocycles. The SMILES string of the molecule is C=CCC(O)(CC=C)CNC(=O)CC(C)n1ccnc1.O=CO. The number of carbonyl (C=O) groups is 2. The van der Waals surface area contributed by atoms with Crippen molar-refractivity contribution in [1.82, 2.24) is 14.9 Å².